The predicted octanol–water partition coefficient (Wildman–Crippen LogP) is 5.82. The van der Waals surface area contributed by atoms with E-state index in [0.717, 1.165) is 18.7 Å². The largest absolute Gasteiger partial charge is 0.384 e. The van der Waals surface area contributed by atoms with Gasteiger partial charge in [0.2, 0.25) is 0 Å². The highest BCUT2D eigenvalue weighted by molar-refractivity contribution is 5.67. The molecule has 3 aromatic carbocycles. The van der Waals surface area contributed by atoms with Crippen LogP contribution in [0.15, 0.2) is 85.1 Å². The van der Waals surface area contributed by atoms with E-state index in [0.29, 0.717) is 0 Å². The van der Waals surface area contributed by atoms with Crippen molar-refractivity contribution in [3.05, 3.63) is 107 Å². The van der Waals surface area contributed by atoms with Crippen molar-refractivity contribution in [1.29, 1.82) is 0 Å². The normalized spacial score (nSPS) is 10.5. The summed E-state index contributed by atoms with van der Waals surface area (Å²) in [6.45, 7) is 9.26. The van der Waals surface area contributed by atoms with Crippen LogP contribution in [0.3, 0.4) is 0 Å². The van der Waals surface area contributed by atoms with Gasteiger partial charge < -0.3 is 5.32 Å². The van der Waals surface area contributed by atoms with E-state index in [4.69, 9.17) is 0 Å². The van der Waals surface area contributed by atoms with Crippen molar-refractivity contribution in [1.82, 2.24) is 5.32 Å². The zero-order chi connectivity index (χ0) is 17.6. The molecule has 0 spiro atoms. The molecule has 0 aliphatic rings. The molecule has 126 valence electrons. The lowest BCUT2D eigenvalue weighted by Crippen LogP contribution is -2.13. The number of benzene rings is 3. The molecule has 0 aliphatic carbocycles. The van der Waals surface area contributed by atoms with Crippen molar-refractivity contribution < 1.29 is 0 Å². The second kappa shape index (κ2) is 7.85. The molecule has 0 amide bonds. The van der Waals surface area contributed by atoms with E-state index in [1.165, 1.54) is 33.4 Å². The predicted molar refractivity (Wildman–Crippen MR) is 107 cm³/mol. The van der Waals surface area contributed by atoms with Crippen LogP contribution in [0.25, 0.3) is 11.1 Å². The average Bonchev–Trinajstić information content (AvgIpc) is 2.61. The number of hydrogen-bond acceptors (Lipinski definition) is 1. The molecule has 0 heterocycles. The van der Waals surface area contributed by atoms with Crippen LogP contribution in [0.1, 0.15) is 22.3 Å². The molecule has 3 aromatic rings. The molecule has 0 saturated carbocycles. The van der Waals surface area contributed by atoms with Gasteiger partial charge in [0, 0.05) is 18.7 Å². The number of nitrogens with one attached hydrogen (secondary N) is 1. The summed E-state index contributed by atoms with van der Waals surface area (Å²) in [7, 11) is 0. The number of aryl methyl sites for hydroxylation is 2. The van der Waals surface area contributed by atoms with Gasteiger partial charge in [-0.05, 0) is 41.7 Å². The van der Waals surface area contributed by atoms with Gasteiger partial charge in [-0.25, -0.2) is 0 Å². The summed E-state index contributed by atoms with van der Waals surface area (Å²) in [5.74, 6) is 0. The van der Waals surface area contributed by atoms with Gasteiger partial charge in [-0.1, -0.05) is 84.9 Å². The van der Waals surface area contributed by atoms with Crippen LogP contribution >= 0.6 is 0 Å². The highest BCUT2D eigenvalue weighted by atomic mass is 14.9. The molecule has 1 heteroatoms. The Hall–Kier alpha value is -2.80. The lowest BCUT2D eigenvalue weighted by Gasteiger charge is -2.11. The van der Waals surface area contributed by atoms with E-state index in [1.54, 1.807) is 0 Å². The Balaban J connectivity index is 1.59. The third-order valence-electron chi connectivity index (χ3n) is 4.45. The van der Waals surface area contributed by atoms with E-state index in [1.807, 2.05) is 0 Å². The zero-order valence-corrected chi connectivity index (χ0v) is 15.0. The number of allylic oxidation sites excluding steroid dienone is 1. The van der Waals surface area contributed by atoms with Crippen molar-refractivity contribution in [3.8, 4) is 11.1 Å². The third-order valence-corrected chi connectivity index (χ3v) is 4.45. The molecule has 3 rings (SSSR count). The lowest BCUT2D eigenvalue weighted by molar-refractivity contribution is 0.785. The third kappa shape index (κ3) is 4.60. The fraction of sp³-hybridized carbons (Fsp3) is 0.167. The van der Waals surface area contributed by atoms with Gasteiger partial charge in [-0.15, -0.1) is 0 Å². The maximum Gasteiger partial charge on any atom is 0.0397 e. The molecule has 0 aliphatic heterocycles. The maximum absolute atomic E-state index is 4.17. The highest BCUT2D eigenvalue weighted by Crippen LogP contribution is 2.23. The van der Waals surface area contributed by atoms with Gasteiger partial charge in [-0.3, -0.25) is 0 Å². The summed E-state index contributed by atoms with van der Waals surface area (Å²) in [4.78, 5) is 0. The molecular formula is C24H25N. The van der Waals surface area contributed by atoms with Crippen LogP contribution in [0.5, 0.6) is 0 Å². The van der Waals surface area contributed by atoms with Crippen LogP contribution in [0.4, 0.5) is 0 Å². The SMILES string of the molecule is C=C(Cc1ccc(-c2ccccc2C)cc1)NCc1cccc(C)c1. The van der Waals surface area contributed by atoms with Crippen LogP contribution < -0.4 is 5.32 Å². The molecule has 0 bridgehead atoms. The minimum atomic E-state index is 0.821. The first-order chi connectivity index (χ1) is 12.1. The minimum Gasteiger partial charge on any atom is -0.384 e. The smallest absolute Gasteiger partial charge is 0.0397 e. The lowest BCUT2D eigenvalue weighted by atomic mass is 9.99. The maximum atomic E-state index is 4.17. The van der Waals surface area contributed by atoms with E-state index >= 15 is 0 Å². The fourth-order valence-electron chi connectivity index (χ4n) is 3.06. The monoisotopic (exact) mass is 327 g/mol. The van der Waals surface area contributed by atoms with E-state index < -0.39 is 0 Å². The van der Waals surface area contributed by atoms with E-state index in [9.17, 15) is 0 Å². The van der Waals surface area contributed by atoms with Crippen molar-refractivity contribution in [2.45, 2.75) is 26.8 Å². The number of hydrogen-bond donors (Lipinski definition) is 1. The van der Waals surface area contributed by atoms with E-state index in [-0.39, 0.29) is 0 Å². The number of rotatable bonds is 6. The first-order valence-electron chi connectivity index (χ1n) is 8.74. The van der Waals surface area contributed by atoms with Crippen LogP contribution in [0.2, 0.25) is 0 Å². The summed E-state index contributed by atoms with van der Waals surface area (Å²) in [6.07, 6.45) is 0.847. The Kier molecular flexibility index (Phi) is 5.35. The summed E-state index contributed by atoms with van der Waals surface area (Å²) in [6, 6.07) is 25.9. The molecule has 0 aromatic heterocycles. The average molecular weight is 327 g/mol. The van der Waals surface area contributed by atoms with Crippen molar-refractivity contribution in [2.24, 2.45) is 0 Å². The summed E-state index contributed by atoms with van der Waals surface area (Å²) in [5.41, 5.74) is 8.77. The van der Waals surface area contributed by atoms with Crippen molar-refractivity contribution in [2.75, 3.05) is 0 Å². The molecule has 1 N–H and O–H groups in total. The van der Waals surface area contributed by atoms with Gasteiger partial charge in [-0.2, -0.15) is 0 Å². The van der Waals surface area contributed by atoms with Gasteiger partial charge in [0.15, 0.2) is 0 Å². The first-order valence-corrected chi connectivity index (χ1v) is 8.74. The highest BCUT2D eigenvalue weighted by Gasteiger charge is 2.02. The Morgan fingerprint density at radius 1 is 0.840 bits per heavy atom. The van der Waals surface area contributed by atoms with Gasteiger partial charge in [0.05, 0.1) is 0 Å². The molecule has 25 heavy (non-hydrogen) atoms. The molecule has 0 unspecified atom stereocenters. The van der Waals surface area contributed by atoms with Crippen molar-refractivity contribution in [3.63, 3.8) is 0 Å². The van der Waals surface area contributed by atoms with Gasteiger partial charge >= 0.3 is 0 Å². The fourth-order valence-corrected chi connectivity index (χ4v) is 3.06. The molecule has 0 radical (unpaired) electrons. The Bertz CT molecular complexity index is 859. The Morgan fingerprint density at radius 3 is 2.32 bits per heavy atom. The zero-order valence-electron chi connectivity index (χ0n) is 15.0. The molecule has 0 saturated heterocycles. The van der Waals surface area contributed by atoms with Crippen LogP contribution in [-0.2, 0) is 13.0 Å². The molecular weight excluding hydrogens is 302 g/mol. The van der Waals surface area contributed by atoms with Crippen LogP contribution in [0, 0.1) is 13.8 Å². The standard InChI is InChI=1S/C24H25N/c1-18-7-6-9-22(15-18)17-25-20(3)16-21-11-13-23(14-12-21)24-10-5-4-8-19(24)2/h4-15,25H,3,16-17H2,1-2H3. The topological polar surface area (TPSA) is 12.0 Å². The van der Waals surface area contributed by atoms with Gasteiger partial charge in [0.25, 0.3) is 0 Å². The Labute approximate surface area is 151 Å². The van der Waals surface area contributed by atoms with Crippen LogP contribution in [-0.4, -0.2) is 0 Å². The molecule has 0 fully saturated rings. The van der Waals surface area contributed by atoms with Gasteiger partial charge in [0.1, 0.15) is 0 Å². The Morgan fingerprint density at radius 2 is 1.60 bits per heavy atom. The van der Waals surface area contributed by atoms with E-state index in [2.05, 4.69) is 98.5 Å². The molecule has 0 atom stereocenters. The first kappa shape index (κ1) is 17.0. The summed E-state index contributed by atoms with van der Waals surface area (Å²) >= 11 is 0. The second-order valence-corrected chi connectivity index (χ2v) is 6.63. The summed E-state index contributed by atoms with van der Waals surface area (Å²) in [5, 5.41) is 3.44. The quantitative estimate of drug-likeness (QED) is 0.602. The second-order valence-electron chi connectivity index (χ2n) is 6.63. The van der Waals surface area contributed by atoms with Crippen molar-refractivity contribution >= 4 is 0 Å². The minimum absolute atomic E-state index is 0.821. The summed E-state index contributed by atoms with van der Waals surface area (Å²) < 4.78 is 0. The molecule has 1 nitrogen and oxygen atoms in total.